The zero-order valence-corrected chi connectivity index (χ0v) is 13.6. The minimum absolute atomic E-state index is 0.232. The molecule has 0 saturated carbocycles. The van der Waals surface area contributed by atoms with Gasteiger partial charge in [0.2, 0.25) is 0 Å². The second-order valence-electron chi connectivity index (χ2n) is 5.12. The summed E-state index contributed by atoms with van der Waals surface area (Å²) in [5.41, 5.74) is 4.71. The Morgan fingerprint density at radius 2 is 2.00 bits per heavy atom. The third-order valence-electron chi connectivity index (χ3n) is 3.73. The van der Waals surface area contributed by atoms with Crippen molar-refractivity contribution in [3.8, 4) is 0 Å². The molecule has 1 aliphatic rings. The first-order chi connectivity index (χ1) is 9.65. The van der Waals surface area contributed by atoms with Crippen LogP contribution in [0.5, 0.6) is 0 Å². The zero-order chi connectivity index (χ0) is 14.1. The van der Waals surface area contributed by atoms with Crippen molar-refractivity contribution in [1.82, 2.24) is 0 Å². The molecule has 0 radical (unpaired) electrons. The van der Waals surface area contributed by atoms with E-state index in [9.17, 15) is 0 Å². The van der Waals surface area contributed by atoms with E-state index < -0.39 is 0 Å². The van der Waals surface area contributed by atoms with Gasteiger partial charge in [0.15, 0.2) is 0 Å². The molecular formula is C17H15BrClN. The molecule has 0 amide bonds. The highest BCUT2D eigenvalue weighted by Gasteiger charge is 2.21. The summed E-state index contributed by atoms with van der Waals surface area (Å²) in [4.78, 5) is 4.89. The normalized spacial score (nSPS) is 18.1. The third kappa shape index (κ3) is 2.68. The Bertz CT molecular complexity index is 678. The second-order valence-corrected chi connectivity index (χ2v) is 6.38. The first kappa shape index (κ1) is 13.8. The van der Waals surface area contributed by atoms with E-state index in [1.54, 1.807) is 0 Å². The summed E-state index contributed by atoms with van der Waals surface area (Å²) in [6.07, 6.45) is 2.06. The van der Waals surface area contributed by atoms with Crippen LogP contribution in [0.3, 0.4) is 0 Å². The average molecular weight is 349 g/mol. The predicted molar refractivity (Wildman–Crippen MR) is 88.8 cm³/mol. The van der Waals surface area contributed by atoms with Crippen LogP contribution in [-0.2, 0) is 0 Å². The molecule has 3 heteroatoms. The van der Waals surface area contributed by atoms with Crippen LogP contribution in [0.1, 0.15) is 35.6 Å². The molecule has 3 rings (SSSR count). The van der Waals surface area contributed by atoms with E-state index in [1.165, 1.54) is 16.8 Å². The summed E-state index contributed by atoms with van der Waals surface area (Å²) in [5, 5.41) is 0.826. The van der Waals surface area contributed by atoms with E-state index in [0.717, 1.165) is 27.9 Å². The molecule has 2 aromatic carbocycles. The zero-order valence-electron chi connectivity index (χ0n) is 11.2. The predicted octanol–water partition coefficient (Wildman–Crippen LogP) is 5.74. The van der Waals surface area contributed by atoms with Crippen molar-refractivity contribution in [2.45, 2.75) is 25.8 Å². The van der Waals surface area contributed by atoms with Crippen molar-refractivity contribution in [3.05, 3.63) is 68.7 Å². The van der Waals surface area contributed by atoms with Gasteiger partial charge in [-0.25, -0.2) is 0 Å². The Morgan fingerprint density at radius 3 is 2.75 bits per heavy atom. The fraction of sp³-hybridized carbons (Fsp3) is 0.235. The van der Waals surface area contributed by atoms with E-state index in [0.29, 0.717) is 0 Å². The Balaban J connectivity index is 1.91. The summed E-state index contributed by atoms with van der Waals surface area (Å²) in [5.74, 6) is 0. The van der Waals surface area contributed by atoms with Gasteiger partial charge in [-0.3, -0.25) is 4.99 Å². The lowest BCUT2D eigenvalue weighted by molar-refractivity contribution is 0.723. The standard InChI is InChI=1S/C17H15BrClN/c1-11-6-7-12(10-15(11)19)16-8-9-17(20-16)13-4-2-3-5-14(13)18/h2-7,10,16H,8-9H2,1H3. The molecule has 0 aromatic heterocycles. The van der Waals surface area contributed by atoms with Gasteiger partial charge in [-0.05, 0) is 43.0 Å². The molecule has 1 nitrogen and oxygen atoms in total. The van der Waals surface area contributed by atoms with Crippen molar-refractivity contribution < 1.29 is 0 Å². The number of nitrogens with zero attached hydrogens (tertiary/aromatic N) is 1. The topological polar surface area (TPSA) is 12.4 Å². The lowest BCUT2D eigenvalue weighted by Gasteiger charge is -2.08. The highest BCUT2D eigenvalue weighted by atomic mass is 79.9. The summed E-state index contributed by atoms with van der Waals surface area (Å²) >= 11 is 9.82. The summed E-state index contributed by atoms with van der Waals surface area (Å²) in [6, 6.07) is 14.8. The minimum atomic E-state index is 0.232. The van der Waals surface area contributed by atoms with Crippen molar-refractivity contribution in [2.75, 3.05) is 0 Å². The van der Waals surface area contributed by atoms with Gasteiger partial charge >= 0.3 is 0 Å². The first-order valence-electron chi connectivity index (χ1n) is 6.73. The lowest BCUT2D eigenvalue weighted by Crippen LogP contribution is -1.96. The van der Waals surface area contributed by atoms with E-state index in [-0.39, 0.29) is 6.04 Å². The Morgan fingerprint density at radius 1 is 1.20 bits per heavy atom. The SMILES string of the molecule is Cc1ccc(C2CCC(c3ccccc3Br)=N2)cc1Cl. The molecule has 1 atom stereocenters. The second kappa shape index (κ2) is 5.71. The maximum Gasteiger partial charge on any atom is 0.0756 e. The summed E-state index contributed by atoms with van der Waals surface area (Å²) < 4.78 is 1.11. The van der Waals surface area contributed by atoms with E-state index in [4.69, 9.17) is 16.6 Å². The molecule has 1 aliphatic heterocycles. The van der Waals surface area contributed by atoms with Gasteiger partial charge in [-0.1, -0.05) is 57.9 Å². The van der Waals surface area contributed by atoms with Crippen molar-refractivity contribution in [3.63, 3.8) is 0 Å². The first-order valence-corrected chi connectivity index (χ1v) is 7.90. The molecule has 1 heterocycles. The van der Waals surface area contributed by atoms with Gasteiger partial charge < -0.3 is 0 Å². The van der Waals surface area contributed by atoms with E-state index in [2.05, 4.69) is 46.3 Å². The summed E-state index contributed by atoms with van der Waals surface area (Å²) in [7, 11) is 0. The van der Waals surface area contributed by atoms with Crippen LogP contribution in [-0.4, -0.2) is 5.71 Å². The monoisotopic (exact) mass is 347 g/mol. The summed E-state index contributed by atoms with van der Waals surface area (Å²) in [6.45, 7) is 2.02. The largest absolute Gasteiger partial charge is 0.281 e. The molecule has 20 heavy (non-hydrogen) atoms. The van der Waals surface area contributed by atoms with Crippen LogP contribution in [0.15, 0.2) is 51.9 Å². The minimum Gasteiger partial charge on any atom is -0.281 e. The van der Waals surface area contributed by atoms with Crippen LogP contribution in [0.2, 0.25) is 5.02 Å². The van der Waals surface area contributed by atoms with Crippen LogP contribution in [0.4, 0.5) is 0 Å². The highest BCUT2D eigenvalue weighted by Crippen LogP contribution is 2.34. The maximum absolute atomic E-state index is 6.21. The molecular weight excluding hydrogens is 334 g/mol. The van der Waals surface area contributed by atoms with Crippen LogP contribution in [0, 0.1) is 6.92 Å². The van der Waals surface area contributed by atoms with Gasteiger partial charge in [0, 0.05) is 20.8 Å². The van der Waals surface area contributed by atoms with Gasteiger partial charge in [0.25, 0.3) is 0 Å². The molecule has 0 spiro atoms. The van der Waals surface area contributed by atoms with Gasteiger partial charge in [0.05, 0.1) is 6.04 Å². The van der Waals surface area contributed by atoms with Crippen LogP contribution < -0.4 is 0 Å². The van der Waals surface area contributed by atoms with Crippen LogP contribution >= 0.6 is 27.5 Å². The molecule has 2 aromatic rings. The number of halogens is 2. The Kier molecular flexibility index (Phi) is 3.95. The molecule has 0 saturated heterocycles. The van der Waals surface area contributed by atoms with Crippen molar-refractivity contribution >= 4 is 33.2 Å². The number of hydrogen-bond donors (Lipinski definition) is 0. The quantitative estimate of drug-likeness (QED) is 0.656. The lowest BCUT2D eigenvalue weighted by atomic mass is 10.0. The molecule has 0 bridgehead atoms. The number of aliphatic imine (C=N–C) groups is 1. The van der Waals surface area contributed by atoms with Gasteiger partial charge in [-0.2, -0.15) is 0 Å². The Hall–Kier alpha value is -1.12. The third-order valence-corrected chi connectivity index (χ3v) is 4.83. The molecule has 0 aliphatic carbocycles. The number of rotatable bonds is 2. The van der Waals surface area contributed by atoms with Gasteiger partial charge in [-0.15, -0.1) is 0 Å². The molecule has 1 unspecified atom stereocenters. The van der Waals surface area contributed by atoms with Crippen molar-refractivity contribution in [2.24, 2.45) is 4.99 Å². The van der Waals surface area contributed by atoms with Gasteiger partial charge in [0.1, 0.15) is 0 Å². The number of hydrogen-bond acceptors (Lipinski definition) is 1. The number of benzene rings is 2. The van der Waals surface area contributed by atoms with E-state index in [1.807, 2.05) is 19.1 Å². The fourth-order valence-electron chi connectivity index (χ4n) is 2.55. The average Bonchev–Trinajstić information content (AvgIpc) is 2.92. The fourth-order valence-corrected chi connectivity index (χ4v) is 3.25. The number of aryl methyl sites for hydroxylation is 1. The molecule has 0 fully saturated rings. The smallest absolute Gasteiger partial charge is 0.0756 e. The molecule has 102 valence electrons. The highest BCUT2D eigenvalue weighted by molar-refractivity contribution is 9.10. The molecule has 0 N–H and O–H groups in total. The van der Waals surface area contributed by atoms with Crippen LogP contribution in [0.25, 0.3) is 0 Å². The van der Waals surface area contributed by atoms with E-state index >= 15 is 0 Å². The van der Waals surface area contributed by atoms with Crippen molar-refractivity contribution in [1.29, 1.82) is 0 Å². The Labute approximate surface area is 132 Å². The maximum atomic E-state index is 6.21.